The van der Waals surface area contributed by atoms with Gasteiger partial charge in [-0.25, -0.2) is 4.79 Å². The lowest BCUT2D eigenvalue weighted by Gasteiger charge is -2.33. The van der Waals surface area contributed by atoms with Gasteiger partial charge in [-0.1, -0.05) is 24.3 Å². The number of amides is 2. The fraction of sp³-hybridized carbons (Fsp3) is 0.533. The van der Waals surface area contributed by atoms with Crippen molar-refractivity contribution in [2.75, 3.05) is 19.6 Å². The van der Waals surface area contributed by atoms with Gasteiger partial charge in [0.05, 0.1) is 0 Å². The van der Waals surface area contributed by atoms with Gasteiger partial charge in [-0.15, -0.1) is 0 Å². The smallest absolute Gasteiger partial charge is 0.337 e. The number of nitrogens with one attached hydrogen (secondary N) is 2. The molecule has 1 aliphatic heterocycles. The van der Waals surface area contributed by atoms with Crippen molar-refractivity contribution in [3.63, 3.8) is 0 Å². The lowest BCUT2D eigenvalue weighted by Crippen LogP contribution is -2.47. The molecule has 0 saturated heterocycles. The summed E-state index contributed by atoms with van der Waals surface area (Å²) in [5.41, 5.74) is 2.60. The maximum Gasteiger partial charge on any atom is 0.405 e. The summed E-state index contributed by atoms with van der Waals surface area (Å²) in [6, 6.07) is 7.48. The molecular formula is C15H20F3N3O. The predicted molar refractivity (Wildman–Crippen MR) is 77.5 cm³/mol. The molecule has 22 heavy (non-hydrogen) atoms. The van der Waals surface area contributed by atoms with E-state index in [0.717, 1.165) is 19.5 Å². The molecule has 0 bridgehead atoms. The normalized spacial score (nSPS) is 16.7. The van der Waals surface area contributed by atoms with Crippen LogP contribution in [0, 0.1) is 0 Å². The molecule has 2 N–H and O–H groups in total. The minimum atomic E-state index is -4.39. The first kappa shape index (κ1) is 16.6. The van der Waals surface area contributed by atoms with Crippen molar-refractivity contribution >= 4 is 6.03 Å². The molecule has 0 spiro atoms. The van der Waals surface area contributed by atoms with E-state index in [9.17, 15) is 18.0 Å². The molecule has 2 amide bonds. The Labute approximate surface area is 127 Å². The topological polar surface area (TPSA) is 44.4 Å². The first-order valence-electron chi connectivity index (χ1n) is 7.24. The molecule has 122 valence electrons. The van der Waals surface area contributed by atoms with Crippen LogP contribution in [0.15, 0.2) is 24.3 Å². The molecule has 0 aliphatic carbocycles. The first-order valence-corrected chi connectivity index (χ1v) is 7.24. The Morgan fingerprint density at radius 1 is 1.27 bits per heavy atom. The zero-order valence-electron chi connectivity index (χ0n) is 12.4. The lowest BCUT2D eigenvalue weighted by atomic mass is 9.99. The predicted octanol–water partition coefficient (Wildman–Crippen LogP) is 2.29. The van der Waals surface area contributed by atoms with Crippen LogP contribution in [0.5, 0.6) is 0 Å². The number of urea groups is 1. The van der Waals surface area contributed by atoms with Crippen molar-refractivity contribution in [2.24, 2.45) is 0 Å². The molecule has 4 nitrogen and oxygen atoms in total. The summed E-state index contributed by atoms with van der Waals surface area (Å²) in [4.78, 5) is 13.5. The Kier molecular flexibility index (Phi) is 5.28. The van der Waals surface area contributed by atoms with Crippen molar-refractivity contribution in [1.82, 2.24) is 15.5 Å². The second kappa shape index (κ2) is 7.00. The Morgan fingerprint density at radius 3 is 2.64 bits per heavy atom. The SMILES string of the molecule is C[C@@H](CNC(=O)NCC(F)(F)F)N1CCc2ccccc2C1. The maximum atomic E-state index is 12.0. The van der Waals surface area contributed by atoms with Gasteiger partial charge in [0.15, 0.2) is 0 Å². The number of benzene rings is 1. The highest BCUT2D eigenvalue weighted by Gasteiger charge is 2.28. The third kappa shape index (κ3) is 4.91. The molecule has 7 heteroatoms. The first-order chi connectivity index (χ1) is 10.3. The van der Waals surface area contributed by atoms with Crippen molar-refractivity contribution in [1.29, 1.82) is 0 Å². The van der Waals surface area contributed by atoms with Crippen molar-refractivity contribution in [3.05, 3.63) is 35.4 Å². The molecule has 1 heterocycles. The number of hydrogen-bond acceptors (Lipinski definition) is 2. The molecule has 1 aliphatic rings. The third-order valence-electron chi connectivity index (χ3n) is 3.79. The average molecular weight is 315 g/mol. The van der Waals surface area contributed by atoms with Crippen LogP contribution >= 0.6 is 0 Å². The number of carbonyl (C=O) groups excluding carboxylic acids is 1. The summed E-state index contributed by atoms with van der Waals surface area (Å²) >= 11 is 0. The third-order valence-corrected chi connectivity index (χ3v) is 3.79. The fourth-order valence-corrected chi connectivity index (χ4v) is 2.51. The van der Waals surface area contributed by atoms with Crippen LogP contribution in [0.4, 0.5) is 18.0 Å². The Bertz CT molecular complexity index is 519. The molecule has 2 rings (SSSR count). The van der Waals surface area contributed by atoms with E-state index >= 15 is 0 Å². The van der Waals surface area contributed by atoms with Crippen LogP contribution in [0.2, 0.25) is 0 Å². The summed E-state index contributed by atoms with van der Waals surface area (Å²) in [5.74, 6) is 0. The molecule has 0 radical (unpaired) electrons. The molecule has 0 saturated carbocycles. The second-order valence-electron chi connectivity index (χ2n) is 5.52. The lowest BCUT2D eigenvalue weighted by molar-refractivity contribution is -0.122. The van der Waals surface area contributed by atoms with E-state index in [0.29, 0.717) is 6.54 Å². The van der Waals surface area contributed by atoms with Gasteiger partial charge >= 0.3 is 12.2 Å². The average Bonchev–Trinajstić information content (AvgIpc) is 2.49. The van der Waals surface area contributed by atoms with E-state index in [2.05, 4.69) is 22.3 Å². The number of alkyl halides is 3. The van der Waals surface area contributed by atoms with Crippen LogP contribution in [0.3, 0.4) is 0 Å². The summed E-state index contributed by atoms with van der Waals surface area (Å²) < 4.78 is 36.0. The molecule has 0 fully saturated rings. The van der Waals surface area contributed by atoms with Crippen LogP contribution in [-0.2, 0) is 13.0 Å². The van der Waals surface area contributed by atoms with Crippen molar-refractivity contribution in [2.45, 2.75) is 32.1 Å². The van der Waals surface area contributed by atoms with Gasteiger partial charge in [0.2, 0.25) is 0 Å². The number of rotatable bonds is 4. The summed E-state index contributed by atoms with van der Waals surface area (Å²) in [5, 5.41) is 4.29. The summed E-state index contributed by atoms with van der Waals surface area (Å²) in [7, 11) is 0. The monoisotopic (exact) mass is 315 g/mol. The molecule has 1 atom stereocenters. The highest BCUT2D eigenvalue weighted by atomic mass is 19.4. The second-order valence-corrected chi connectivity index (χ2v) is 5.52. The Hall–Kier alpha value is -1.76. The van der Waals surface area contributed by atoms with Gasteiger partial charge in [-0.2, -0.15) is 13.2 Å². The van der Waals surface area contributed by atoms with Gasteiger partial charge in [-0.3, -0.25) is 4.90 Å². The van der Waals surface area contributed by atoms with Crippen molar-refractivity contribution < 1.29 is 18.0 Å². The standard InChI is InChI=1S/C15H20F3N3O/c1-11(8-19-14(22)20-10-15(16,17)18)21-7-6-12-4-2-3-5-13(12)9-21/h2-5,11H,6-10H2,1H3,(H2,19,20,22)/t11-/m0/s1. The maximum absolute atomic E-state index is 12.0. The van der Waals surface area contributed by atoms with E-state index < -0.39 is 18.8 Å². The minimum Gasteiger partial charge on any atom is -0.337 e. The van der Waals surface area contributed by atoms with E-state index in [4.69, 9.17) is 0 Å². The van der Waals surface area contributed by atoms with Gasteiger partial charge in [0.25, 0.3) is 0 Å². The fourth-order valence-electron chi connectivity index (χ4n) is 2.51. The van der Waals surface area contributed by atoms with Gasteiger partial charge in [0, 0.05) is 25.7 Å². The van der Waals surface area contributed by atoms with Crippen LogP contribution in [0.25, 0.3) is 0 Å². The van der Waals surface area contributed by atoms with Crippen molar-refractivity contribution in [3.8, 4) is 0 Å². The number of fused-ring (bicyclic) bond motifs is 1. The number of hydrogen-bond donors (Lipinski definition) is 2. The van der Waals surface area contributed by atoms with Gasteiger partial charge < -0.3 is 10.6 Å². The van der Waals surface area contributed by atoms with Gasteiger partial charge in [-0.05, 0) is 24.5 Å². The van der Waals surface area contributed by atoms with Gasteiger partial charge in [0.1, 0.15) is 6.54 Å². The number of nitrogens with zero attached hydrogens (tertiary/aromatic N) is 1. The molecular weight excluding hydrogens is 295 g/mol. The zero-order chi connectivity index (χ0) is 16.2. The van der Waals surface area contributed by atoms with E-state index in [1.165, 1.54) is 11.1 Å². The molecule has 1 aromatic rings. The summed E-state index contributed by atoms with van der Waals surface area (Å²) in [6.07, 6.45) is -3.44. The minimum absolute atomic E-state index is 0.0602. The Balaban J connectivity index is 1.76. The van der Waals surface area contributed by atoms with E-state index in [1.54, 1.807) is 5.32 Å². The Morgan fingerprint density at radius 2 is 1.95 bits per heavy atom. The van der Waals surface area contributed by atoms with E-state index in [1.807, 2.05) is 19.1 Å². The van der Waals surface area contributed by atoms with Crippen LogP contribution in [0.1, 0.15) is 18.1 Å². The molecule has 0 unspecified atom stereocenters. The zero-order valence-corrected chi connectivity index (χ0v) is 12.4. The quantitative estimate of drug-likeness (QED) is 0.895. The van der Waals surface area contributed by atoms with Crippen LogP contribution in [-0.4, -0.2) is 42.8 Å². The number of halogens is 3. The number of carbonyl (C=O) groups is 1. The molecule has 0 aromatic heterocycles. The summed E-state index contributed by atoms with van der Waals surface area (Å²) in [6.45, 7) is 2.63. The van der Waals surface area contributed by atoms with Crippen LogP contribution < -0.4 is 10.6 Å². The van der Waals surface area contributed by atoms with E-state index in [-0.39, 0.29) is 6.04 Å². The highest BCUT2D eigenvalue weighted by Crippen LogP contribution is 2.19. The molecule has 1 aromatic carbocycles. The highest BCUT2D eigenvalue weighted by molar-refractivity contribution is 5.73. The largest absolute Gasteiger partial charge is 0.405 e.